The first kappa shape index (κ1) is 11.9. The number of nitrogens with two attached hydrogens (primary N) is 2. The standard InChI is InChI=1S/C11H14N6O/c1-17-6-7(4-16-17)3-14-11-9(10(13)18)2-8(12)5-15-11/h2,4-6H,3,12H2,1H3,(H2,13,18)(H,14,15). The lowest BCUT2D eigenvalue weighted by Crippen LogP contribution is -2.16. The van der Waals surface area contributed by atoms with E-state index in [1.165, 1.54) is 12.3 Å². The molecule has 5 N–H and O–H groups in total. The maximum Gasteiger partial charge on any atom is 0.252 e. The van der Waals surface area contributed by atoms with Crippen LogP contribution in [0.15, 0.2) is 24.7 Å². The van der Waals surface area contributed by atoms with Gasteiger partial charge in [-0.15, -0.1) is 0 Å². The third-order valence-corrected chi connectivity index (χ3v) is 2.39. The first-order valence-corrected chi connectivity index (χ1v) is 5.33. The third-order valence-electron chi connectivity index (χ3n) is 2.39. The zero-order valence-corrected chi connectivity index (χ0v) is 9.92. The summed E-state index contributed by atoms with van der Waals surface area (Å²) in [5, 5.41) is 7.08. The van der Waals surface area contributed by atoms with Gasteiger partial charge in [0.25, 0.3) is 5.91 Å². The molecule has 2 aromatic rings. The Balaban J connectivity index is 2.16. The van der Waals surface area contributed by atoms with Gasteiger partial charge in [0.15, 0.2) is 0 Å². The molecule has 0 aromatic carbocycles. The van der Waals surface area contributed by atoms with Crippen molar-refractivity contribution < 1.29 is 4.79 Å². The lowest BCUT2D eigenvalue weighted by Gasteiger charge is -2.08. The molecule has 0 saturated carbocycles. The van der Waals surface area contributed by atoms with Gasteiger partial charge in [-0.3, -0.25) is 9.48 Å². The molecule has 2 heterocycles. The Kier molecular flexibility index (Phi) is 3.13. The maximum absolute atomic E-state index is 11.3. The van der Waals surface area contributed by atoms with E-state index in [1.807, 2.05) is 13.2 Å². The predicted octanol–water partition coefficient (Wildman–Crippen LogP) is 0.108. The van der Waals surface area contributed by atoms with E-state index in [1.54, 1.807) is 10.9 Å². The summed E-state index contributed by atoms with van der Waals surface area (Å²) in [7, 11) is 1.83. The Bertz CT molecular complexity index is 577. The van der Waals surface area contributed by atoms with E-state index in [4.69, 9.17) is 11.5 Å². The summed E-state index contributed by atoms with van der Waals surface area (Å²) in [6, 6.07) is 1.50. The van der Waals surface area contributed by atoms with Gasteiger partial charge in [-0.25, -0.2) is 4.98 Å². The molecule has 2 rings (SSSR count). The number of aryl methyl sites for hydroxylation is 1. The number of primary amides is 1. The molecule has 18 heavy (non-hydrogen) atoms. The Labute approximate surface area is 104 Å². The second-order valence-electron chi connectivity index (χ2n) is 3.90. The van der Waals surface area contributed by atoms with Crippen LogP contribution in [0.2, 0.25) is 0 Å². The molecule has 0 unspecified atom stereocenters. The molecule has 7 nitrogen and oxygen atoms in total. The van der Waals surface area contributed by atoms with Crippen LogP contribution in [0.5, 0.6) is 0 Å². The van der Waals surface area contributed by atoms with Crippen molar-refractivity contribution in [3.63, 3.8) is 0 Å². The third kappa shape index (κ3) is 2.57. The second-order valence-corrected chi connectivity index (χ2v) is 3.90. The van der Waals surface area contributed by atoms with E-state index in [0.29, 0.717) is 18.1 Å². The minimum absolute atomic E-state index is 0.277. The first-order valence-electron chi connectivity index (χ1n) is 5.33. The van der Waals surface area contributed by atoms with Crippen molar-refractivity contribution in [1.82, 2.24) is 14.8 Å². The molecule has 0 atom stereocenters. The highest BCUT2D eigenvalue weighted by atomic mass is 16.1. The van der Waals surface area contributed by atoms with Crippen LogP contribution in [-0.2, 0) is 13.6 Å². The number of hydrogen-bond donors (Lipinski definition) is 3. The molecule has 0 saturated heterocycles. The Morgan fingerprint density at radius 2 is 2.28 bits per heavy atom. The van der Waals surface area contributed by atoms with Crippen LogP contribution in [0.25, 0.3) is 0 Å². The zero-order valence-electron chi connectivity index (χ0n) is 9.92. The molecule has 0 aliphatic heterocycles. The summed E-state index contributed by atoms with van der Waals surface area (Å²) >= 11 is 0. The highest BCUT2D eigenvalue weighted by molar-refractivity contribution is 5.98. The Morgan fingerprint density at radius 3 is 2.89 bits per heavy atom. The van der Waals surface area contributed by atoms with Gasteiger partial charge in [-0.05, 0) is 6.07 Å². The summed E-state index contributed by atoms with van der Waals surface area (Å²) < 4.78 is 1.70. The average Bonchev–Trinajstić information content (AvgIpc) is 2.73. The van der Waals surface area contributed by atoms with Crippen molar-refractivity contribution in [3.8, 4) is 0 Å². The molecular weight excluding hydrogens is 232 g/mol. The summed E-state index contributed by atoms with van der Waals surface area (Å²) in [6.45, 7) is 0.505. The monoisotopic (exact) mass is 246 g/mol. The van der Waals surface area contributed by atoms with E-state index >= 15 is 0 Å². The Morgan fingerprint density at radius 1 is 1.50 bits per heavy atom. The molecule has 94 valence electrons. The second kappa shape index (κ2) is 4.74. The van der Waals surface area contributed by atoms with Gasteiger partial charge in [0.2, 0.25) is 0 Å². The van der Waals surface area contributed by atoms with Crippen molar-refractivity contribution in [3.05, 3.63) is 35.8 Å². The lowest BCUT2D eigenvalue weighted by molar-refractivity contribution is 0.100. The number of nitrogen functional groups attached to an aromatic ring is 1. The minimum atomic E-state index is -0.566. The topological polar surface area (TPSA) is 112 Å². The van der Waals surface area contributed by atoms with Gasteiger partial charge in [-0.1, -0.05) is 0 Å². The molecule has 7 heteroatoms. The van der Waals surface area contributed by atoms with Crippen molar-refractivity contribution in [1.29, 1.82) is 0 Å². The van der Waals surface area contributed by atoms with E-state index in [0.717, 1.165) is 5.56 Å². The zero-order chi connectivity index (χ0) is 13.1. The van der Waals surface area contributed by atoms with E-state index < -0.39 is 5.91 Å². The number of carbonyl (C=O) groups is 1. The molecule has 2 aromatic heterocycles. The predicted molar refractivity (Wildman–Crippen MR) is 67.7 cm³/mol. The maximum atomic E-state index is 11.3. The molecule has 0 spiro atoms. The largest absolute Gasteiger partial charge is 0.397 e. The highest BCUT2D eigenvalue weighted by Gasteiger charge is 2.10. The normalized spacial score (nSPS) is 10.3. The summed E-state index contributed by atoms with van der Waals surface area (Å²) in [5.74, 6) is -0.149. The smallest absolute Gasteiger partial charge is 0.252 e. The van der Waals surface area contributed by atoms with E-state index in [-0.39, 0.29) is 5.56 Å². The van der Waals surface area contributed by atoms with Crippen molar-refractivity contribution in [2.24, 2.45) is 12.8 Å². The van der Waals surface area contributed by atoms with Gasteiger partial charge in [-0.2, -0.15) is 5.10 Å². The molecule has 1 amide bonds. The molecular formula is C11H14N6O. The molecule has 0 radical (unpaired) electrons. The summed E-state index contributed by atoms with van der Waals surface area (Å²) in [5.41, 5.74) is 12.5. The van der Waals surface area contributed by atoms with Crippen LogP contribution in [0.3, 0.4) is 0 Å². The van der Waals surface area contributed by atoms with Gasteiger partial charge in [0.1, 0.15) is 5.82 Å². The fraction of sp³-hybridized carbons (Fsp3) is 0.182. The van der Waals surface area contributed by atoms with E-state index in [2.05, 4.69) is 15.4 Å². The average molecular weight is 246 g/mol. The van der Waals surface area contributed by atoms with Crippen LogP contribution in [-0.4, -0.2) is 20.7 Å². The van der Waals surface area contributed by atoms with Crippen LogP contribution in [0, 0.1) is 0 Å². The van der Waals surface area contributed by atoms with Crippen molar-refractivity contribution >= 4 is 17.4 Å². The summed E-state index contributed by atoms with van der Waals surface area (Å²) in [4.78, 5) is 15.3. The van der Waals surface area contributed by atoms with Gasteiger partial charge < -0.3 is 16.8 Å². The van der Waals surface area contributed by atoms with Gasteiger partial charge in [0, 0.05) is 25.4 Å². The number of nitrogens with one attached hydrogen (secondary N) is 1. The number of carbonyl (C=O) groups excluding carboxylic acids is 1. The molecule has 0 aliphatic carbocycles. The van der Waals surface area contributed by atoms with Crippen LogP contribution >= 0.6 is 0 Å². The number of nitrogens with zero attached hydrogens (tertiary/aromatic N) is 3. The first-order chi connectivity index (χ1) is 8.56. The molecule has 0 fully saturated rings. The van der Waals surface area contributed by atoms with Crippen LogP contribution in [0.4, 0.5) is 11.5 Å². The number of hydrogen-bond acceptors (Lipinski definition) is 5. The van der Waals surface area contributed by atoms with Gasteiger partial charge >= 0.3 is 0 Å². The van der Waals surface area contributed by atoms with E-state index in [9.17, 15) is 4.79 Å². The molecule has 0 aliphatic rings. The molecule has 0 bridgehead atoms. The van der Waals surface area contributed by atoms with Crippen LogP contribution < -0.4 is 16.8 Å². The quantitative estimate of drug-likeness (QED) is 0.708. The number of pyridine rings is 1. The Hall–Kier alpha value is -2.57. The van der Waals surface area contributed by atoms with Crippen LogP contribution in [0.1, 0.15) is 15.9 Å². The van der Waals surface area contributed by atoms with Gasteiger partial charge in [0.05, 0.1) is 23.6 Å². The summed E-state index contributed by atoms with van der Waals surface area (Å²) in [6.07, 6.45) is 5.07. The minimum Gasteiger partial charge on any atom is -0.397 e. The number of rotatable bonds is 4. The SMILES string of the molecule is Cn1cc(CNc2ncc(N)cc2C(N)=O)cn1. The fourth-order valence-electron chi connectivity index (χ4n) is 1.56. The number of aromatic nitrogens is 3. The number of amides is 1. The highest BCUT2D eigenvalue weighted by Crippen LogP contribution is 2.15. The van der Waals surface area contributed by atoms with Crippen molar-refractivity contribution in [2.75, 3.05) is 11.1 Å². The number of anilines is 2. The lowest BCUT2D eigenvalue weighted by atomic mass is 10.2. The van der Waals surface area contributed by atoms with Crippen molar-refractivity contribution in [2.45, 2.75) is 6.54 Å². The fourth-order valence-corrected chi connectivity index (χ4v) is 1.56.